The average molecular weight is 287 g/mol. The van der Waals surface area contributed by atoms with E-state index in [0.717, 1.165) is 11.7 Å². The zero-order valence-corrected chi connectivity index (χ0v) is 10.8. The van der Waals surface area contributed by atoms with Crippen molar-refractivity contribution < 1.29 is 18.3 Å². The van der Waals surface area contributed by atoms with Crippen molar-refractivity contribution in [3.63, 3.8) is 0 Å². The molecular weight excluding hydrogens is 278 g/mol. The Hall–Kier alpha value is -1.58. The number of hydrogen-bond donors (Lipinski definition) is 2. The summed E-state index contributed by atoms with van der Waals surface area (Å²) in [6.45, 7) is 1.25. The molecule has 0 fully saturated rings. The molecule has 0 bridgehead atoms. The zero-order chi connectivity index (χ0) is 13.3. The molecule has 0 saturated heterocycles. The van der Waals surface area contributed by atoms with E-state index < -0.39 is 22.0 Å². The molecule has 0 radical (unpaired) electrons. The first-order valence-electron chi connectivity index (χ1n) is 4.88. The number of aromatic nitrogens is 2. The molecule has 18 heavy (non-hydrogen) atoms. The van der Waals surface area contributed by atoms with Gasteiger partial charge in [-0.2, -0.15) is 13.5 Å². The smallest absolute Gasteiger partial charge is 0.321 e. The largest absolute Gasteiger partial charge is 0.480 e. The quantitative estimate of drug-likeness (QED) is 0.844. The fourth-order valence-corrected chi connectivity index (χ4v) is 3.31. The molecule has 0 aliphatic rings. The van der Waals surface area contributed by atoms with Gasteiger partial charge < -0.3 is 5.11 Å². The van der Waals surface area contributed by atoms with Crippen molar-refractivity contribution in [2.45, 2.75) is 17.9 Å². The van der Waals surface area contributed by atoms with E-state index >= 15 is 0 Å². The van der Waals surface area contributed by atoms with E-state index in [4.69, 9.17) is 5.11 Å². The van der Waals surface area contributed by atoms with Gasteiger partial charge in [0.15, 0.2) is 0 Å². The number of benzene rings is 1. The second-order valence-corrected chi connectivity index (χ2v) is 5.78. The highest BCUT2D eigenvalue weighted by Gasteiger charge is 2.24. The van der Waals surface area contributed by atoms with Gasteiger partial charge >= 0.3 is 5.97 Å². The van der Waals surface area contributed by atoms with Crippen molar-refractivity contribution in [3.8, 4) is 0 Å². The van der Waals surface area contributed by atoms with Crippen molar-refractivity contribution in [3.05, 3.63) is 18.2 Å². The lowest BCUT2D eigenvalue weighted by molar-refractivity contribution is -0.138. The summed E-state index contributed by atoms with van der Waals surface area (Å²) in [5, 5.41) is 8.71. The van der Waals surface area contributed by atoms with Crippen LogP contribution in [0.15, 0.2) is 23.1 Å². The normalized spacial score (nSPS) is 13.6. The number of nitrogens with one attached hydrogen (secondary N) is 1. The number of hydrogen-bond acceptors (Lipinski definition) is 6. The van der Waals surface area contributed by atoms with E-state index in [2.05, 4.69) is 13.5 Å². The highest BCUT2D eigenvalue weighted by molar-refractivity contribution is 7.89. The predicted molar refractivity (Wildman–Crippen MR) is 64.8 cm³/mol. The molecule has 0 spiro atoms. The fourth-order valence-electron chi connectivity index (χ4n) is 1.34. The summed E-state index contributed by atoms with van der Waals surface area (Å²) in [6.07, 6.45) is 0. The maximum absolute atomic E-state index is 12.0. The minimum atomic E-state index is -3.93. The van der Waals surface area contributed by atoms with Gasteiger partial charge in [-0.1, -0.05) is 6.07 Å². The summed E-state index contributed by atoms with van der Waals surface area (Å²) < 4.78 is 33.9. The van der Waals surface area contributed by atoms with E-state index in [1.807, 2.05) is 0 Å². The topological polar surface area (TPSA) is 109 Å². The molecule has 2 aromatic rings. The average Bonchev–Trinajstić information content (AvgIpc) is 2.75. The standard InChI is InChI=1S/C9H9N3O4S2/c1-5(9(13)14)12-18(15,16)7-4-2-3-6-8(7)11-17-10-6/h2-5,12H,1H3,(H,13,14). The van der Waals surface area contributed by atoms with Gasteiger partial charge in [0.2, 0.25) is 10.0 Å². The van der Waals surface area contributed by atoms with E-state index in [9.17, 15) is 13.2 Å². The second kappa shape index (κ2) is 4.59. The number of carboxylic acid groups (broad SMARTS) is 1. The van der Waals surface area contributed by atoms with Gasteiger partial charge in [-0.05, 0) is 19.1 Å². The van der Waals surface area contributed by atoms with Gasteiger partial charge in [0.25, 0.3) is 0 Å². The highest BCUT2D eigenvalue weighted by atomic mass is 32.2. The highest BCUT2D eigenvalue weighted by Crippen LogP contribution is 2.20. The summed E-state index contributed by atoms with van der Waals surface area (Å²) in [7, 11) is -3.93. The van der Waals surface area contributed by atoms with Crippen LogP contribution in [-0.2, 0) is 14.8 Å². The molecule has 9 heteroatoms. The maximum Gasteiger partial charge on any atom is 0.321 e. The first kappa shape index (κ1) is 12.9. The Bertz CT molecular complexity index is 695. The molecule has 0 amide bonds. The van der Waals surface area contributed by atoms with E-state index in [1.165, 1.54) is 19.1 Å². The molecular formula is C9H9N3O4S2. The third-order valence-electron chi connectivity index (χ3n) is 2.24. The number of carboxylic acids is 1. The first-order chi connectivity index (χ1) is 8.42. The van der Waals surface area contributed by atoms with Crippen molar-refractivity contribution >= 4 is 38.8 Å². The molecule has 2 N–H and O–H groups in total. The lowest BCUT2D eigenvalue weighted by atomic mass is 10.3. The monoisotopic (exact) mass is 287 g/mol. The van der Waals surface area contributed by atoms with Crippen LogP contribution in [0.3, 0.4) is 0 Å². The van der Waals surface area contributed by atoms with Crippen LogP contribution in [0.2, 0.25) is 0 Å². The molecule has 7 nitrogen and oxygen atoms in total. The Morgan fingerprint density at radius 2 is 2.17 bits per heavy atom. The zero-order valence-electron chi connectivity index (χ0n) is 9.19. The number of rotatable bonds is 4. The van der Waals surface area contributed by atoms with Crippen LogP contribution in [0.4, 0.5) is 0 Å². The summed E-state index contributed by atoms with van der Waals surface area (Å²) in [5.74, 6) is -1.25. The molecule has 1 aromatic heterocycles. The molecule has 1 unspecified atom stereocenters. The molecule has 0 aliphatic carbocycles. The summed E-state index contributed by atoms with van der Waals surface area (Å²) in [6, 6.07) is 3.32. The number of fused-ring (bicyclic) bond motifs is 1. The summed E-state index contributed by atoms with van der Waals surface area (Å²) in [5.41, 5.74) is 0.707. The molecule has 2 rings (SSSR count). The van der Waals surface area contributed by atoms with Crippen LogP contribution in [-0.4, -0.2) is 34.3 Å². The van der Waals surface area contributed by atoms with Crippen LogP contribution in [0.25, 0.3) is 11.0 Å². The van der Waals surface area contributed by atoms with Crippen LogP contribution in [0.5, 0.6) is 0 Å². The Balaban J connectivity index is 2.47. The van der Waals surface area contributed by atoms with Gasteiger partial charge in [0.05, 0.1) is 11.7 Å². The molecule has 1 aromatic carbocycles. The Labute approximate surface area is 107 Å². The predicted octanol–water partition coefficient (Wildman–Crippen LogP) is 0.443. The summed E-state index contributed by atoms with van der Waals surface area (Å²) >= 11 is 0.900. The van der Waals surface area contributed by atoms with Crippen LogP contribution < -0.4 is 4.72 Å². The number of carbonyl (C=O) groups is 1. The Morgan fingerprint density at radius 1 is 1.44 bits per heavy atom. The molecule has 0 aliphatic heterocycles. The van der Waals surface area contributed by atoms with Gasteiger partial charge in [-0.3, -0.25) is 4.79 Å². The van der Waals surface area contributed by atoms with E-state index in [-0.39, 0.29) is 10.4 Å². The van der Waals surface area contributed by atoms with Crippen molar-refractivity contribution in [1.82, 2.24) is 13.5 Å². The van der Waals surface area contributed by atoms with Crippen LogP contribution in [0, 0.1) is 0 Å². The Morgan fingerprint density at radius 3 is 2.83 bits per heavy atom. The van der Waals surface area contributed by atoms with Crippen molar-refractivity contribution in [1.29, 1.82) is 0 Å². The number of aliphatic carboxylic acids is 1. The number of nitrogens with zero attached hydrogens (tertiary/aromatic N) is 2. The van der Waals surface area contributed by atoms with Crippen molar-refractivity contribution in [2.24, 2.45) is 0 Å². The lowest BCUT2D eigenvalue weighted by Gasteiger charge is -2.10. The Kier molecular flexibility index (Phi) is 3.28. The van der Waals surface area contributed by atoms with Crippen LogP contribution >= 0.6 is 11.7 Å². The van der Waals surface area contributed by atoms with E-state index in [1.54, 1.807) is 6.07 Å². The molecule has 0 saturated carbocycles. The van der Waals surface area contributed by atoms with Gasteiger partial charge in [-0.25, -0.2) is 8.42 Å². The lowest BCUT2D eigenvalue weighted by Crippen LogP contribution is -2.38. The maximum atomic E-state index is 12.0. The van der Waals surface area contributed by atoms with Crippen molar-refractivity contribution in [2.75, 3.05) is 0 Å². The fraction of sp³-hybridized carbons (Fsp3) is 0.222. The van der Waals surface area contributed by atoms with Gasteiger partial charge in [0.1, 0.15) is 22.0 Å². The van der Waals surface area contributed by atoms with Gasteiger partial charge in [-0.15, -0.1) is 0 Å². The number of sulfonamides is 1. The third-order valence-corrected chi connectivity index (χ3v) is 4.36. The first-order valence-corrected chi connectivity index (χ1v) is 7.09. The molecule has 1 heterocycles. The second-order valence-electron chi connectivity index (χ2n) is 3.57. The minimum absolute atomic E-state index is 0.0677. The SMILES string of the molecule is CC(NS(=O)(=O)c1cccc2nsnc12)C(=O)O. The van der Waals surface area contributed by atoms with Gasteiger partial charge in [0, 0.05) is 0 Å². The molecule has 96 valence electrons. The summed E-state index contributed by atoms with van der Waals surface area (Å²) in [4.78, 5) is 10.6. The minimum Gasteiger partial charge on any atom is -0.480 e. The molecule has 1 atom stereocenters. The van der Waals surface area contributed by atoms with Crippen LogP contribution in [0.1, 0.15) is 6.92 Å². The third kappa shape index (κ3) is 2.33. The van der Waals surface area contributed by atoms with E-state index in [0.29, 0.717) is 5.52 Å².